The molecule has 1 heterocycles. The molecule has 0 fully saturated rings. The Kier molecular flexibility index (Phi) is 3.97. The van der Waals surface area contributed by atoms with Gasteiger partial charge in [0.1, 0.15) is 0 Å². The largest absolute Gasteiger partial charge is 0.377 e. The van der Waals surface area contributed by atoms with Crippen LogP contribution in [0.5, 0.6) is 0 Å². The maximum atomic E-state index is 5.48. The number of benzene rings is 1. The number of nitrogens with one attached hydrogen (secondary N) is 1. The predicted molar refractivity (Wildman–Crippen MR) is 73.9 cm³/mol. The zero-order chi connectivity index (χ0) is 12.3. The molecule has 0 spiro atoms. The highest BCUT2D eigenvalue weighted by molar-refractivity contribution is 7.22. The van der Waals surface area contributed by atoms with Gasteiger partial charge in [-0.05, 0) is 32.4 Å². The van der Waals surface area contributed by atoms with Crippen molar-refractivity contribution < 1.29 is 4.74 Å². The molecule has 0 saturated heterocycles. The van der Waals surface area contributed by atoms with E-state index in [-0.39, 0.29) is 6.10 Å². The molecule has 1 aromatic heterocycles. The topological polar surface area (TPSA) is 34.1 Å². The summed E-state index contributed by atoms with van der Waals surface area (Å²) in [6.45, 7) is 7.69. The maximum Gasteiger partial charge on any atom is 0.183 e. The number of hydrogen-bond donors (Lipinski definition) is 1. The molecule has 3 nitrogen and oxygen atoms in total. The third-order valence-electron chi connectivity index (χ3n) is 2.45. The van der Waals surface area contributed by atoms with Crippen LogP contribution < -0.4 is 5.32 Å². The van der Waals surface area contributed by atoms with Crippen molar-refractivity contribution in [3.8, 4) is 0 Å². The van der Waals surface area contributed by atoms with Gasteiger partial charge in [-0.15, -0.1) is 0 Å². The van der Waals surface area contributed by atoms with Gasteiger partial charge < -0.3 is 10.1 Å². The second-order valence-corrected chi connectivity index (χ2v) is 5.32. The molecule has 0 unspecified atom stereocenters. The minimum absolute atomic E-state index is 0.286. The van der Waals surface area contributed by atoms with Crippen LogP contribution in [-0.4, -0.2) is 24.2 Å². The van der Waals surface area contributed by atoms with Crippen molar-refractivity contribution in [2.24, 2.45) is 0 Å². The van der Waals surface area contributed by atoms with Gasteiger partial charge in [0.15, 0.2) is 5.13 Å². The van der Waals surface area contributed by atoms with Crippen molar-refractivity contribution in [1.82, 2.24) is 4.98 Å². The zero-order valence-electron chi connectivity index (χ0n) is 10.5. The summed E-state index contributed by atoms with van der Waals surface area (Å²) in [7, 11) is 0. The van der Waals surface area contributed by atoms with Crippen LogP contribution >= 0.6 is 11.3 Å². The van der Waals surface area contributed by atoms with Gasteiger partial charge in [0.25, 0.3) is 0 Å². The first kappa shape index (κ1) is 12.3. The van der Waals surface area contributed by atoms with Crippen LogP contribution in [0.4, 0.5) is 5.13 Å². The number of aromatic nitrogens is 1. The summed E-state index contributed by atoms with van der Waals surface area (Å²) in [5.41, 5.74) is 2.33. The molecule has 0 bridgehead atoms. The normalized spacial score (nSPS) is 11.3. The molecule has 1 aromatic carbocycles. The van der Waals surface area contributed by atoms with E-state index in [1.165, 1.54) is 10.3 Å². The van der Waals surface area contributed by atoms with Crippen LogP contribution in [-0.2, 0) is 4.74 Å². The van der Waals surface area contributed by atoms with Crippen molar-refractivity contribution in [3.63, 3.8) is 0 Å². The average molecular weight is 250 g/mol. The van der Waals surface area contributed by atoms with Crippen molar-refractivity contribution in [2.45, 2.75) is 26.9 Å². The van der Waals surface area contributed by atoms with E-state index in [4.69, 9.17) is 4.74 Å². The lowest BCUT2D eigenvalue weighted by atomic mass is 10.2. The summed E-state index contributed by atoms with van der Waals surface area (Å²) < 4.78 is 6.71. The third-order valence-corrected chi connectivity index (χ3v) is 3.43. The number of para-hydroxylation sites is 1. The fraction of sp³-hybridized carbons (Fsp3) is 0.462. The van der Waals surface area contributed by atoms with Crippen LogP contribution in [0.2, 0.25) is 0 Å². The second kappa shape index (κ2) is 5.47. The molecule has 2 aromatic rings. The standard InChI is InChI=1S/C13H18N2OS/c1-9(2)16-8-7-14-13-15-12-10(3)5-4-6-11(12)17-13/h4-6,9H,7-8H2,1-3H3,(H,14,15). The first-order valence-corrected chi connectivity index (χ1v) is 6.70. The molecule has 17 heavy (non-hydrogen) atoms. The Bertz CT molecular complexity index is 493. The van der Waals surface area contributed by atoms with Crippen LogP contribution in [0.15, 0.2) is 18.2 Å². The Morgan fingerprint density at radius 1 is 1.41 bits per heavy atom. The van der Waals surface area contributed by atoms with E-state index in [2.05, 4.69) is 35.4 Å². The van der Waals surface area contributed by atoms with E-state index in [9.17, 15) is 0 Å². The number of nitrogens with zero attached hydrogens (tertiary/aromatic N) is 1. The van der Waals surface area contributed by atoms with Crippen molar-refractivity contribution in [3.05, 3.63) is 23.8 Å². The molecule has 0 atom stereocenters. The Labute approximate surface area is 106 Å². The van der Waals surface area contributed by atoms with E-state index in [0.717, 1.165) is 17.2 Å². The molecule has 0 radical (unpaired) electrons. The van der Waals surface area contributed by atoms with E-state index in [1.807, 2.05) is 13.8 Å². The van der Waals surface area contributed by atoms with Gasteiger partial charge in [0.05, 0.1) is 22.9 Å². The molecular weight excluding hydrogens is 232 g/mol. The highest BCUT2D eigenvalue weighted by atomic mass is 32.1. The van der Waals surface area contributed by atoms with Gasteiger partial charge in [-0.25, -0.2) is 4.98 Å². The summed E-state index contributed by atoms with van der Waals surface area (Å²) in [5.74, 6) is 0. The number of fused-ring (bicyclic) bond motifs is 1. The summed E-state index contributed by atoms with van der Waals surface area (Å²) in [5, 5.41) is 4.27. The lowest BCUT2D eigenvalue weighted by Crippen LogP contribution is -2.12. The molecule has 0 aliphatic carbocycles. The van der Waals surface area contributed by atoms with Crippen LogP contribution in [0.3, 0.4) is 0 Å². The lowest BCUT2D eigenvalue weighted by molar-refractivity contribution is 0.0870. The highest BCUT2D eigenvalue weighted by Crippen LogP contribution is 2.27. The quantitative estimate of drug-likeness (QED) is 0.825. The average Bonchev–Trinajstić information content (AvgIpc) is 2.69. The van der Waals surface area contributed by atoms with E-state index >= 15 is 0 Å². The number of aryl methyl sites for hydroxylation is 1. The first-order valence-electron chi connectivity index (χ1n) is 5.88. The molecule has 92 valence electrons. The smallest absolute Gasteiger partial charge is 0.183 e. The Morgan fingerprint density at radius 2 is 2.24 bits per heavy atom. The number of rotatable bonds is 5. The van der Waals surface area contributed by atoms with Gasteiger partial charge in [-0.1, -0.05) is 23.5 Å². The predicted octanol–water partition coefficient (Wildman–Crippen LogP) is 3.44. The molecular formula is C13H18N2OS. The Balaban J connectivity index is 1.98. The second-order valence-electron chi connectivity index (χ2n) is 4.29. The van der Waals surface area contributed by atoms with Crippen LogP contribution in [0.25, 0.3) is 10.2 Å². The SMILES string of the molecule is Cc1cccc2sc(NCCOC(C)C)nc12. The molecule has 4 heteroatoms. The monoisotopic (exact) mass is 250 g/mol. The number of anilines is 1. The van der Waals surface area contributed by atoms with Crippen LogP contribution in [0, 0.1) is 6.92 Å². The molecule has 0 amide bonds. The van der Waals surface area contributed by atoms with Crippen molar-refractivity contribution in [1.29, 1.82) is 0 Å². The Hall–Kier alpha value is -1.13. The van der Waals surface area contributed by atoms with Crippen LogP contribution in [0.1, 0.15) is 19.4 Å². The molecule has 0 saturated carbocycles. The van der Waals surface area contributed by atoms with Gasteiger partial charge in [-0.3, -0.25) is 0 Å². The highest BCUT2D eigenvalue weighted by Gasteiger charge is 2.04. The number of thiazole rings is 1. The van der Waals surface area contributed by atoms with Gasteiger partial charge >= 0.3 is 0 Å². The summed E-state index contributed by atoms with van der Waals surface area (Å²) in [6, 6.07) is 6.27. The molecule has 1 N–H and O–H groups in total. The number of ether oxygens (including phenoxy) is 1. The van der Waals surface area contributed by atoms with Crippen molar-refractivity contribution in [2.75, 3.05) is 18.5 Å². The van der Waals surface area contributed by atoms with Crippen molar-refractivity contribution >= 4 is 26.7 Å². The fourth-order valence-electron chi connectivity index (χ4n) is 1.61. The molecule has 2 rings (SSSR count). The van der Waals surface area contributed by atoms with Gasteiger partial charge in [0, 0.05) is 6.54 Å². The molecule has 0 aliphatic rings. The first-order chi connectivity index (χ1) is 8.16. The minimum Gasteiger partial charge on any atom is -0.377 e. The molecule has 0 aliphatic heterocycles. The van der Waals surface area contributed by atoms with E-state index in [0.29, 0.717) is 6.61 Å². The lowest BCUT2D eigenvalue weighted by Gasteiger charge is -2.07. The maximum absolute atomic E-state index is 5.48. The third kappa shape index (κ3) is 3.17. The van der Waals surface area contributed by atoms with E-state index in [1.54, 1.807) is 11.3 Å². The summed E-state index contributed by atoms with van der Waals surface area (Å²) >= 11 is 1.69. The van der Waals surface area contributed by atoms with E-state index < -0.39 is 0 Å². The summed E-state index contributed by atoms with van der Waals surface area (Å²) in [4.78, 5) is 4.58. The Morgan fingerprint density at radius 3 is 2.94 bits per heavy atom. The summed E-state index contributed by atoms with van der Waals surface area (Å²) in [6.07, 6.45) is 0.286. The zero-order valence-corrected chi connectivity index (χ0v) is 11.3. The fourth-order valence-corrected chi connectivity index (χ4v) is 2.58. The minimum atomic E-state index is 0.286. The number of hydrogen-bond acceptors (Lipinski definition) is 4. The van der Waals surface area contributed by atoms with Gasteiger partial charge in [0.2, 0.25) is 0 Å². The van der Waals surface area contributed by atoms with Gasteiger partial charge in [-0.2, -0.15) is 0 Å².